The van der Waals surface area contributed by atoms with E-state index in [4.69, 9.17) is 4.43 Å². The molecule has 0 spiro atoms. The maximum absolute atomic E-state index is 11.6. The number of rotatable bonds is 4. The monoisotopic (exact) mass is 333 g/mol. The Morgan fingerprint density at radius 1 is 1.56 bits per heavy atom. The van der Waals surface area contributed by atoms with Gasteiger partial charge in [0.2, 0.25) is 5.91 Å². The van der Waals surface area contributed by atoms with E-state index in [0.717, 1.165) is 10.9 Å². The van der Waals surface area contributed by atoms with E-state index in [9.17, 15) is 4.79 Å². The molecule has 0 bridgehead atoms. The second-order valence-electron chi connectivity index (χ2n) is 6.52. The third-order valence-electron chi connectivity index (χ3n) is 3.88. The highest BCUT2D eigenvalue weighted by molar-refractivity contribution is 9.11. The maximum Gasteiger partial charge on any atom is 0.222 e. The third kappa shape index (κ3) is 3.93. The van der Waals surface area contributed by atoms with Crippen molar-refractivity contribution < 1.29 is 9.22 Å². The minimum atomic E-state index is -1.83. The average molecular weight is 334 g/mol. The molecule has 3 nitrogen and oxygen atoms in total. The fraction of sp³-hybridized carbons (Fsp3) is 0.769. The van der Waals surface area contributed by atoms with Crippen molar-refractivity contribution in [2.45, 2.75) is 63.9 Å². The van der Waals surface area contributed by atoms with Crippen LogP contribution in [0.2, 0.25) is 18.1 Å². The summed E-state index contributed by atoms with van der Waals surface area (Å²) in [4.78, 5) is 11.6. The minimum Gasteiger partial charge on any atom is -0.411 e. The average Bonchev–Trinajstić information content (AvgIpc) is 2.42. The predicted octanol–water partition coefficient (Wildman–Crippen LogP) is 3.56. The van der Waals surface area contributed by atoms with Crippen LogP contribution in [0.3, 0.4) is 0 Å². The number of nitrogens with one attached hydrogen (secondary N) is 1. The lowest BCUT2D eigenvalue weighted by atomic mass is 10.1. The molecule has 0 aromatic rings. The quantitative estimate of drug-likeness (QED) is 0.798. The van der Waals surface area contributed by atoms with E-state index in [1.807, 2.05) is 0 Å². The van der Waals surface area contributed by atoms with Crippen LogP contribution in [0.25, 0.3) is 0 Å². The largest absolute Gasteiger partial charge is 0.411 e. The molecular formula is C13H24BrNO2Si. The Kier molecular flexibility index (Phi) is 4.84. The molecule has 1 amide bonds. The highest BCUT2D eigenvalue weighted by atomic mass is 79.9. The summed E-state index contributed by atoms with van der Waals surface area (Å²) in [6, 6.07) is 0.0542. The number of hydrogen-bond donors (Lipinski definition) is 1. The van der Waals surface area contributed by atoms with E-state index in [2.05, 4.69) is 61.7 Å². The van der Waals surface area contributed by atoms with Gasteiger partial charge >= 0.3 is 0 Å². The van der Waals surface area contributed by atoms with Gasteiger partial charge in [0.05, 0.1) is 18.6 Å². The van der Waals surface area contributed by atoms with Gasteiger partial charge in [0.1, 0.15) is 0 Å². The fourth-order valence-electron chi connectivity index (χ4n) is 1.78. The van der Waals surface area contributed by atoms with Crippen LogP contribution in [0.1, 0.15) is 33.6 Å². The van der Waals surface area contributed by atoms with Crippen molar-refractivity contribution in [1.29, 1.82) is 0 Å². The van der Waals surface area contributed by atoms with Gasteiger partial charge in [-0.2, -0.15) is 0 Å². The normalized spacial score (nSPS) is 25.1. The standard InChI is InChI=1S/C13H24BrNO2Si/c1-9(14)7-10-11(8-12(16)15-10)17-18(5,6)13(2,3)4/h10-11H,1,7-8H2,2-6H3,(H,15,16)/t10-,11-/m1/s1. The Labute approximate surface area is 120 Å². The van der Waals surface area contributed by atoms with Crippen LogP contribution in [-0.2, 0) is 9.22 Å². The molecule has 5 heteroatoms. The first-order valence-corrected chi connectivity index (χ1v) is 10.0. The summed E-state index contributed by atoms with van der Waals surface area (Å²) in [6.07, 6.45) is 1.18. The molecule has 1 N–H and O–H groups in total. The van der Waals surface area contributed by atoms with E-state index < -0.39 is 8.32 Å². The van der Waals surface area contributed by atoms with Gasteiger partial charge in [0.25, 0.3) is 0 Å². The Bertz CT molecular complexity index is 349. The molecule has 18 heavy (non-hydrogen) atoms. The van der Waals surface area contributed by atoms with Gasteiger partial charge in [-0.1, -0.05) is 43.3 Å². The molecule has 0 unspecified atom stereocenters. The summed E-state index contributed by atoms with van der Waals surface area (Å²) in [6.45, 7) is 14.9. The Balaban J connectivity index is 2.75. The smallest absolute Gasteiger partial charge is 0.222 e. The van der Waals surface area contributed by atoms with Gasteiger partial charge in [0, 0.05) is 6.42 Å². The fourth-order valence-corrected chi connectivity index (χ4v) is 3.49. The highest BCUT2D eigenvalue weighted by Crippen LogP contribution is 2.39. The van der Waals surface area contributed by atoms with Crippen LogP contribution >= 0.6 is 15.9 Å². The molecule has 1 aliphatic heterocycles. The van der Waals surface area contributed by atoms with Gasteiger partial charge in [0.15, 0.2) is 8.32 Å². The summed E-state index contributed by atoms with van der Waals surface area (Å²) in [7, 11) is -1.83. The van der Waals surface area contributed by atoms with Crippen LogP contribution in [0, 0.1) is 0 Å². The van der Waals surface area contributed by atoms with E-state index in [1.165, 1.54) is 0 Å². The van der Waals surface area contributed by atoms with E-state index in [0.29, 0.717) is 6.42 Å². The first kappa shape index (κ1) is 15.9. The molecule has 2 atom stereocenters. The number of carbonyl (C=O) groups excluding carboxylic acids is 1. The second kappa shape index (κ2) is 5.47. The SMILES string of the molecule is C=C(Br)C[C@H]1NC(=O)C[C@H]1O[Si](C)(C)C(C)(C)C. The van der Waals surface area contributed by atoms with Gasteiger partial charge < -0.3 is 9.74 Å². The molecule has 1 heterocycles. The van der Waals surface area contributed by atoms with Crippen molar-refractivity contribution in [2.75, 3.05) is 0 Å². The molecule has 104 valence electrons. The van der Waals surface area contributed by atoms with Gasteiger partial charge in [-0.05, 0) is 22.6 Å². The molecule has 0 saturated carbocycles. The van der Waals surface area contributed by atoms with Crippen LogP contribution in [0.15, 0.2) is 11.1 Å². The van der Waals surface area contributed by atoms with Gasteiger partial charge in [-0.25, -0.2) is 0 Å². The van der Waals surface area contributed by atoms with Crippen molar-refractivity contribution in [1.82, 2.24) is 5.32 Å². The molecule has 1 fully saturated rings. The van der Waals surface area contributed by atoms with Crippen molar-refractivity contribution in [3.63, 3.8) is 0 Å². The molecule has 0 aromatic heterocycles. The number of carbonyl (C=O) groups is 1. The van der Waals surface area contributed by atoms with E-state index in [1.54, 1.807) is 0 Å². The second-order valence-corrected chi connectivity index (χ2v) is 12.4. The summed E-state index contributed by atoms with van der Waals surface area (Å²) in [5, 5.41) is 3.14. The van der Waals surface area contributed by atoms with Gasteiger partial charge in [-0.15, -0.1) is 0 Å². The molecule has 0 radical (unpaired) electrons. The molecule has 1 rings (SSSR count). The van der Waals surface area contributed by atoms with Crippen molar-refractivity contribution >= 4 is 30.2 Å². The topological polar surface area (TPSA) is 38.3 Å². The highest BCUT2D eigenvalue weighted by Gasteiger charge is 2.43. The zero-order valence-corrected chi connectivity index (χ0v) is 14.6. The molecule has 0 aliphatic carbocycles. The predicted molar refractivity (Wildman–Crippen MR) is 81.3 cm³/mol. The number of hydrogen-bond acceptors (Lipinski definition) is 2. The van der Waals surface area contributed by atoms with Crippen LogP contribution in [0.5, 0.6) is 0 Å². The first-order chi connectivity index (χ1) is 8.03. The van der Waals surface area contributed by atoms with E-state index in [-0.39, 0.29) is 23.1 Å². The minimum absolute atomic E-state index is 0.0207. The molecule has 0 aromatic carbocycles. The lowest BCUT2D eigenvalue weighted by molar-refractivity contribution is -0.119. The van der Waals surface area contributed by atoms with Crippen molar-refractivity contribution in [2.24, 2.45) is 0 Å². The summed E-state index contributed by atoms with van der Waals surface area (Å²) in [5.41, 5.74) is 0. The van der Waals surface area contributed by atoms with Crippen molar-refractivity contribution in [3.8, 4) is 0 Å². The maximum atomic E-state index is 11.6. The Morgan fingerprint density at radius 3 is 2.56 bits per heavy atom. The number of halogens is 1. The van der Waals surface area contributed by atoms with E-state index >= 15 is 0 Å². The van der Waals surface area contributed by atoms with Crippen molar-refractivity contribution in [3.05, 3.63) is 11.1 Å². The Hall–Kier alpha value is -0.133. The summed E-state index contributed by atoms with van der Waals surface area (Å²) >= 11 is 3.36. The molecular weight excluding hydrogens is 310 g/mol. The first-order valence-electron chi connectivity index (χ1n) is 6.33. The summed E-state index contributed by atoms with van der Waals surface area (Å²) < 4.78 is 7.24. The van der Waals surface area contributed by atoms with Crippen LogP contribution in [0.4, 0.5) is 0 Å². The Morgan fingerprint density at radius 2 is 2.11 bits per heavy atom. The third-order valence-corrected chi connectivity index (χ3v) is 8.70. The zero-order valence-electron chi connectivity index (χ0n) is 12.0. The van der Waals surface area contributed by atoms with Gasteiger partial charge in [-0.3, -0.25) is 4.79 Å². The lowest BCUT2D eigenvalue weighted by Gasteiger charge is -2.39. The zero-order chi connectivity index (χ0) is 14.1. The molecule has 1 saturated heterocycles. The summed E-state index contributed by atoms with van der Waals surface area (Å²) in [5.74, 6) is 0.0810. The number of amides is 1. The lowest BCUT2D eigenvalue weighted by Crippen LogP contribution is -2.47. The van der Waals surface area contributed by atoms with Crippen LogP contribution in [-0.4, -0.2) is 26.4 Å². The van der Waals surface area contributed by atoms with Crippen LogP contribution < -0.4 is 5.32 Å². The molecule has 1 aliphatic rings.